The lowest BCUT2D eigenvalue weighted by Crippen LogP contribution is -2.26. The third-order valence-corrected chi connectivity index (χ3v) is 4.32. The minimum atomic E-state index is -0.836. The van der Waals surface area contributed by atoms with Crippen molar-refractivity contribution >= 4 is 21.9 Å². The van der Waals surface area contributed by atoms with E-state index >= 15 is 0 Å². The molecule has 0 radical (unpaired) electrons. The van der Waals surface area contributed by atoms with Gasteiger partial charge in [-0.05, 0) is 60.5 Å². The van der Waals surface area contributed by atoms with Gasteiger partial charge >= 0.3 is 5.97 Å². The highest BCUT2D eigenvalue weighted by Crippen LogP contribution is 2.40. The van der Waals surface area contributed by atoms with E-state index in [1.807, 2.05) is 6.07 Å². The van der Waals surface area contributed by atoms with E-state index in [0.29, 0.717) is 32.8 Å². The van der Waals surface area contributed by atoms with Gasteiger partial charge in [0.2, 0.25) is 0 Å². The van der Waals surface area contributed by atoms with E-state index < -0.39 is 17.6 Å². The van der Waals surface area contributed by atoms with Crippen LogP contribution in [0.15, 0.2) is 27.5 Å². The highest BCUT2D eigenvalue weighted by atomic mass is 79.9. The van der Waals surface area contributed by atoms with E-state index in [1.165, 1.54) is 7.11 Å². The monoisotopic (exact) mass is 434 g/mol. The number of hydrogen-bond acceptors (Lipinski definition) is 6. The van der Waals surface area contributed by atoms with Gasteiger partial charge in [0.25, 0.3) is 5.56 Å². The fourth-order valence-corrected chi connectivity index (χ4v) is 3.04. The SMILES string of the molecule is CCOC(=O)C(C)Oc1c(Br)cc(-c2cc(C)[nH]c(=O)c2C#N)cc1OC. The molecule has 0 saturated carbocycles. The number of pyridine rings is 1. The zero-order valence-electron chi connectivity index (χ0n) is 15.4. The van der Waals surface area contributed by atoms with E-state index in [2.05, 4.69) is 20.9 Å². The fraction of sp³-hybridized carbons (Fsp3) is 0.316. The molecular formula is C19H19BrN2O5. The van der Waals surface area contributed by atoms with Gasteiger partial charge in [0, 0.05) is 11.3 Å². The number of nitrogens with zero attached hydrogens (tertiary/aromatic N) is 1. The van der Waals surface area contributed by atoms with E-state index in [1.54, 1.807) is 39.0 Å². The molecule has 7 nitrogen and oxygen atoms in total. The van der Waals surface area contributed by atoms with Gasteiger partial charge in [-0.25, -0.2) is 4.79 Å². The molecule has 1 aromatic carbocycles. The van der Waals surface area contributed by atoms with E-state index in [4.69, 9.17) is 14.2 Å². The molecule has 1 atom stereocenters. The van der Waals surface area contributed by atoms with E-state index in [0.717, 1.165) is 0 Å². The van der Waals surface area contributed by atoms with Crippen LogP contribution in [-0.2, 0) is 9.53 Å². The maximum absolute atomic E-state index is 12.1. The molecule has 0 bridgehead atoms. The normalized spacial score (nSPS) is 11.4. The van der Waals surface area contributed by atoms with Crippen molar-refractivity contribution in [1.82, 2.24) is 4.98 Å². The van der Waals surface area contributed by atoms with Crippen molar-refractivity contribution in [2.24, 2.45) is 0 Å². The molecular weight excluding hydrogens is 416 g/mol. The van der Waals surface area contributed by atoms with Crippen molar-refractivity contribution in [3.8, 4) is 28.7 Å². The van der Waals surface area contributed by atoms with Crippen molar-refractivity contribution in [2.45, 2.75) is 26.9 Å². The Bertz CT molecular complexity index is 962. The number of carbonyl (C=O) groups is 1. The van der Waals surface area contributed by atoms with Gasteiger partial charge in [-0.2, -0.15) is 5.26 Å². The molecule has 8 heteroatoms. The van der Waals surface area contributed by atoms with Gasteiger partial charge in [0.1, 0.15) is 11.6 Å². The van der Waals surface area contributed by atoms with E-state index in [-0.39, 0.29) is 12.2 Å². The summed E-state index contributed by atoms with van der Waals surface area (Å²) in [6.07, 6.45) is -0.836. The third-order valence-electron chi connectivity index (χ3n) is 3.73. The second-order valence-electron chi connectivity index (χ2n) is 5.68. The van der Waals surface area contributed by atoms with Gasteiger partial charge in [-0.3, -0.25) is 4.79 Å². The molecule has 0 spiro atoms. The lowest BCUT2D eigenvalue weighted by Gasteiger charge is -2.18. The Morgan fingerprint density at radius 1 is 1.37 bits per heavy atom. The third kappa shape index (κ3) is 4.49. The van der Waals surface area contributed by atoms with Crippen LogP contribution in [0, 0.1) is 18.3 Å². The lowest BCUT2D eigenvalue weighted by atomic mass is 10.0. The fourth-order valence-electron chi connectivity index (χ4n) is 2.50. The summed E-state index contributed by atoms with van der Waals surface area (Å²) < 4.78 is 16.5. The molecule has 0 amide bonds. The van der Waals surface area contributed by atoms with Crippen LogP contribution in [0.3, 0.4) is 0 Å². The first-order valence-corrected chi connectivity index (χ1v) is 8.96. The number of benzene rings is 1. The number of nitrogens with one attached hydrogen (secondary N) is 1. The summed E-state index contributed by atoms with van der Waals surface area (Å²) in [6, 6.07) is 6.99. The Morgan fingerprint density at radius 2 is 2.07 bits per heavy atom. The number of H-pyrrole nitrogens is 1. The number of rotatable bonds is 6. The number of aromatic nitrogens is 1. The lowest BCUT2D eigenvalue weighted by molar-refractivity contribution is -0.150. The maximum Gasteiger partial charge on any atom is 0.347 e. The molecule has 1 unspecified atom stereocenters. The molecule has 0 fully saturated rings. The van der Waals surface area contributed by atoms with Crippen LogP contribution in [0.4, 0.5) is 0 Å². The van der Waals surface area contributed by atoms with Gasteiger partial charge in [-0.1, -0.05) is 0 Å². The molecule has 27 heavy (non-hydrogen) atoms. The number of aryl methyl sites for hydroxylation is 1. The quantitative estimate of drug-likeness (QED) is 0.699. The summed E-state index contributed by atoms with van der Waals surface area (Å²) in [4.78, 5) is 26.5. The Kier molecular flexibility index (Phi) is 6.64. The minimum absolute atomic E-state index is 0.00288. The molecule has 0 saturated heterocycles. The molecule has 1 heterocycles. The van der Waals surface area contributed by atoms with Crippen LogP contribution in [0.1, 0.15) is 25.1 Å². The van der Waals surface area contributed by atoms with Gasteiger partial charge < -0.3 is 19.2 Å². The van der Waals surface area contributed by atoms with E-state index in [9.17, 15) is 14.9 Å². The zero-order valence-corrected chi connectivity index (χ0v) is 17.0. The summed E-state index contributed by atoms with van der Waals surface area (Å²) in [6.45, 7) is 5.28. The standard InChI is InChI=1S/C19H19BrN2O5/c1-5-26-19(24)11(3)27-17-15(20)7-12(8-16(17)25-4)13-6-10(2)22-18(23)14(13)9-21/h6-8,11H,5H2,1-4H3,(H,22,23). The molecule has 1 N–H and O–H groups in total. The summed E-state index contributed by atoms with van der Waals surface area (Å²) in [5.74, 6) is 0.173. The van der Waals surface area contributed by atoms with Crippen molar-refractivity contribution in [3.63, 3.8) is 0 Å². The molecule has 1 aromatic heterocycles. The van der Waals surface area contributed by atoms with Crippen molar-refractivity contribution in [2.75, 3.05) is 13.7 Å². The highest BCUT2D eigenvalue weighted by molar-refractivity contribution is 9.10. The van der Waals surface area contributed by atoms with Gasteiger partial charge in [0.05, 0.1) is 18.2 Å². The number of halogens is 1. The van der Waals surface area contributed by atoms with Crippen LogP contribution in [0.2, 0.25) is 0 Å². The van der Waals surface area contributed by atoms with Crippen molar-refractivity contribution in [1.29, 1.82) is 5.26 Å². The molecule has 2 aromatic rings. The number of carbonyl (C=O) groups excluding carboxylic acids is 1. The molecule has 0 aliphatic carbocycles. The van der Waals surface area contributed by atoms with Crippen LogP contribution >= 0.6 is 15.9 Å². The number of esters is 1. The molecule has 0 aliphatic rings. The second-order valence-corrected chi connectivity index (χ2v) is 6.54. The van der Waals surface area contributed by atoms with Crippen molar-refractivity contribution < 1.29 is 19.0 Å². The van der Waals surface area contributed by atoms with Crippen LogP contribution in [0.25, 0.3) is 11.1 Å². The Balaban J connectivity index is 2.53. The molecule has 142 valence electrons. The number of ether oxygens (including phenoxy) is 3. The van der Waals surface area contributed by atoms with Gasteiger partial charge in [-0.15, -0.1) is 0 Å². The average Bonchev–Trinajstić information content (AvgIpc) is 2.62. The predicted octanol–water partition coefficient (Wildman–Crippen LogP) is 3.32. The topological polar surface area (TPSA) is 101 Å². The Labute approximate surface area is 165 Å². The Morgan fingerprint density at radius 3 is 2.67 bits per heavy atom. The van der Waals surface area contributed by atoms with Gasteiger partial charge in [0.15, 0.2) is 17.6 Å². The minimum Gasteiger partial charge on any atom is -0.493 e. The number of methoxy groups -OCH3 is 1. The zero-order chi connectivity index (χ0) is 20.1. The summed E-state index contributed by atoms with van der Waals surface area (Å²) >= 11 is 3.41. The maximum atomic E-state index is 12.1. The smallest absolute Gasteiger partial charge is 0.347 e. The predicted molar refractivity (Wildman–Crippen MR) is 103 cm³/mol. The van der Waals surface area contributed by atoms with Crippen LogP contribution < -0.4 is 15.0 Å². The average molecular weight is 435 g/mol. The van der Waals surface area contributed by atoms with Crippen LogP contribution in [-0.4, -0.2) is 30.8 Å². The number of aromatic amines is 1. The Hall–Kier alpha value is -2.79. The molecule has 0 aliphatic heterocycles. The number of hydrogen-bond donors (Lipinski definition) is 1. The highest BCUT2D eigenvalue weighted by Gasteiger charge is 2.22. The number of nitriles is 1. The van der Waals surface area contributed by atoms with Crippen LogP contribution in [0.5, 0.6) is 11.5 Å². The second kappa shape index (κ2) is 8.73. The first kappa shape index (κ1) is 20.5. The summed E-state index contributed by atoms with van der Waals surface area (Å²) in [7, 11) is 1.46. The summed E-state index contributed by atoms with van der Waals surface area (Å²) in [5, 5.41) is 9.34. The van der Waals surface area contributed by atoms with Crippen molar-refractivity contribution in [3.05, 3.63) is 44.3 Å². The largest absolute Gasteiger partial charge is 0.493 e. The first-order chi connectivity index (χ1) is 12.8. The first-order valence-electron chi connectivity index (χ1n) is 8.17. The molecule has 2 rings (SSSR count). The summed E-state index contributed by atoms with van der Waals surface area (Å²) in [5.41, 5.74) is 1.24.